The number of rotatable bonds is 1. The first-order valence-electron chi connectivity index (χ1n) is 4.59. The summed E-state index contributed by atoms with van der Waals surface area (Å²) in [6, 6.07) is 3.83. The lowest BCUT2D eigenvalue weighted by molar-refractivity contribution is 0.274. The quantitative estimate of drug-likeness (QED) is 0.664. The molecule has 14 heavy (non-hydrogen) atoms. The largest absolute Gasteiger partial charge is 0.353 e. The predicted octanol–water partition coefficient (Wildman–Crippen LogP) is 1.19. The SMILES string of the molecule is CC1(C)CN(c2nnccc2C#N)C1. The summed E-state index contributed by atoms with van der Waals surface area (Å²) in [6.07, 6.45) is 1.55. The molecule has 4 nitrogen and oxygen atoms in total. The van der Waals surface area contributed by atoms with Gasteiger partial charge in [0, 0.05) is 13.1 Å². The molecule has 0 aromatic carbocycles. The van der Waals surface area contributed by atoms with Gasteiger partial charge in [0.2, 0.25) is 0 Å². The second-order valence-electron chi connectivity index (χ2n) is 4.40. The molecule has 2 heterocycles. The van der Waals surface area contributed by atoms with E-state index in [2.05, 4.69) is 35.0 Å². The Labute approximate surface area is 83.2 Å². The van der Waals surface area contributed by atoms with Crippen LogP contribution >= 0.6 is 0 Å². The molecule has 0 amide bonds. The highest BCUT2D eigenvalue weighted by Crippen LogP contribution is 2.33. The van der Waals surface area contributed by atoms with E-state index in [0.717, 1.165) is 13.1 Å². The Morgan fingerprint density at radius 1 is 1.50 bits per heavy atom. The van der Waals surface area contributed by atoms with Crippen LogP contribution in [0.2, 0.25) is 0 Å². The summed E-state index contributed by atoms with van der Waals surface area (Å²) in [5.41, 5.74) is 0.944. The van der Waals surface area contributed by atoms with Crippen molar-refractivity contribution in [3.63, 3.8) is 0 Å². The van der Waals surface area contributed by atoms with Crippen molar-refractivity contribution >= 4 is 5.82 Å². The molecule has 1 saturated heterocycles. The first-order valence-corrected chi connectivity index (χ1v) is 4.59. The van der Waals surface area contributed by atoms with Gasteiger partial charge >= 0.3 is 0 Å². The highest BCUT2D eigenvalue weighted by molar-refractivity contribution is 5.54. The smallest absolute Gasteiger partial charge is 0.169 e. The Bertz CT molecular complexity index is 383. The fourth-order valence-corrected chi connectivity index (χ4v) is 1.78. The average molecular weight is 188 g/mol. The molecule has 1 aromatic rings. The maximum atomic E-state index is 8.87. The van der Waals surface area contributed by atoms with Crippen molar-refractivity contribution in [3.05, 3.63) is 17.8 Å². The molecule has 0 bridgehead atoms. The monoisotopic (exact) mass is 188 g/mol. The first-order chi connectivity index (χ1) is 6.62. The number of anilines is 1. The van der Waals surface area contributed by atoms with Crippen molar-refractivity contribution in [1.29, 1.82) is 5.26 Å². The minimum absolute atomic E-state index is 0.338. The molecule has 1 aliphatic rings. The van der Waals surface area contributed by atoms with E-state index in [1.807, 2.05) is 0 Å². The molecule has 0 N–H and O–H groups in total. The lowest BCUT2D eigenvalue weighted by Gasteiger charge is -2.46. The molecular formula is C10H12N4. The Balaban J connectivity index is 2.23. The molecule has 1 aromatic heterocycles. The van der Waals surface area contributed by atoms with E-state index in [1.54, 1.807) is 12.3 Å². The molecule has 72 valence electrons. The Morgan fingerprint density at radius 3 is 2.79 bits per heavy atom. The molecule has 1 aliphatic heterocycles. The third kappa shape index (κ3) is 1.41. The summed E-state index contributed by atoms with van der Waals surface area (Å²) >= 11 is 0. The molecule has 0 aliphatic carbocycles. The number of aromatic nitrogens is 2. The number of hydrogen-bond donors (Lipinski definition) is 0. The minimum atomic E-state index is 0.338. The van der Waals surface area contributed by atoms with Crippen molar-refractivity contribution in [2.45, 2.75) is 13.8 Å². The molecule has 0 spiro atoms. The number of nitrogens with zero attached hydrogens (tertiary/aromatic N) is 4. The van der Waals surface area contributed by atoms with E-state index in [9.17, 15) is 0 Å². The van der Waals surface area contributed by atoms with Crippen LogP contribution in [0.15, 0.2) is 12.3 Å². The summed E-state index contributed by atoms with van der Waals surface area (Å²) in [6.45, 7) is 6.29. The maximum absolute atomic E-state index is 8.87. The van der Waals surface area contributed by atoms with Crippen LogP contribution in [0, 0.1) is 16.7 Å². The number of nitriles is 1. The third-order valence-corrected chi connectivity index (χ3v) is 2.36. The van der Waals surface area contributed by atoms with E-state index in [0.29, 0.717) is 16.8 Å². The zero-order valence-corrected chi connectivity index (χ0v) is 8.36. The van der Waals surface area contributed by atoms with Gasteiger partial charge in [-0.25, -0.2) is 0 Å². The molecule has 0 radical (unpaired) electrons. The summed E-state index contributed by atoms with van der Waals surface area (Å²) < 4.78 is 0. The van der Waals surface area contributed by atoms with E-state index < -0.39 is 0 Å². The Morgan fingerprint density at radius 2 is 2.21 bits per heavy atom. The van der Waals surface area contributed by atoms with Gasteiger partial charge in [-0.05, 0) is 11.5 Å². The van der Waals surface area contributed by atoms with Gasteiger partial charge in [0.1, 0.15) is 6.07 Å². The highest BCUT2D eigenvalue weighted by atomic mass is 15.3. The van der Waals surface area contributed by atoms with Gasteiger partial charge in [0.05, 0.1) is 11.8 Å². The normalized spacial score (nSPS) is 18.5. The van der Waals surface area contributed by atoms with Crippen LogP contribution in [0.3, 0.4) is 0 Å². The minimum Gasteiger partial charge on any atom is -0.353 e. The summed E-state index contributed by atoms with van der Waals surface area (Å²) in [5, 5.41) is 16.7. The molecule has 0 unspecified atom stereocenters. The predicted molar refractivity (Wildman–Crippen MR) is 52.7 cm³/mol. The molecule has 1 fully saturated rings. The summed E-state index contributed by atoms with van der Waals surface area (Å²) in [7, 11) is 0. The molecule has 0 atom stereocenters. The first kappa shape index (κ1) is 8.95. The molecule has 4 heteroatoms. The van der Waals surface area contributed by atoms with E-state index >= 15 is 0 Å². The van der Waals surface area contributed by atoms with Crippen LogP contribution in [-0.4, -0.2) is 23.3 Å². The van der Waals surface area contributed by atoms with Crippen LogP contribution in [0.5, 0.6) is 0 Å². The van der Waals surface area contributed by atoms with Crippen LogP contribution in [0.1, 0.15) is 19.4 Å². The second-order valence-corrected chi connectivity index (χ2v) is 4.40. The van der Waals surface area contributed by atoms with Gasteiger partial charge in [-0.2, -0.15) is 10.4 Å². The second kappa shape index (κ2) is 2.95. The van der Waals surface area contributed by atoms with Gasteiger partial charge in [-0.3, -0.25) is 0 Å². The number of hydrogen-bond acceptors (Lipinski definition) is 4. The lowest BCUT2D eigenvalue weighted by atomic mass is 9.84. The van der Waals surface area contributed by atoms with Crippen molar-refractivity contribution in [1.82, 2.24) is 10.2 Å². The Hall–Kier alpha value is -1.63. The molecule has 0 saturated carbocycles. The summed E-state index contributed by atoms with van der Waals surface area (Å²) in [4.78, 5) is 2.09. The van der Waals surface area contributed by atoms with Gasteiger partial charge < -0.3 is 4.90 Å². The van der Waals surface area contributed by atoms with Crippen LogP contribution < -0.4 is 4.90 Å². The van der Waals surface area contributed by atoms with Gasteiger partial charge in [0.25, 0.3) is 0 Å². The van der Waals surface area contributed by atoms with E-state index in [4.69, 9.17) is 5.26 Å². The van der Waals surface area contributed by atoms with Crippen LogP contribution in [0.4, 0.5) is 5.82 Å². The molecule has 2 rings (SSSR count). The zero-order valence-electron chi connectivity index (χ0n) is 8.36. The van der Waals surface area contributed by atoms with Crippen LogP contribution in [0.25, 0.3) is 0 Å². The van der Waals surface area contributed by atoms with Crippen LogP contribution in [-0.2, 0) is 0 Å². The fourth-order valence-electron chi connectivity index (χ4n) is 1.78. The van der Waals surface area contributed by atoms with Crippen molar-refractivity contribution in [2.75, 3.05) is 18.0 Å². The fraction of sp³-hybridized carbons (Fsp3) is 0.500. The average Bonchev–Trinajstić information content (AvgIpc) is 2.14. The Kier molecular flexibility index (Phi) is 1.88. The van der Waals surface area contributed by atoms with Gasteiger partial charge in [-0.15, -0.1) is 5.10 Å². The van der Waals surface area contributed by atoms with Crippen molar-refractivity contribution in [2.24, 2.45) is 5.41 Å². The van der Waals surface area contributed by atoms with Gasteiger partial charge in [0.15, 0.2) is 5.82 Å². The van der Waals surface area contributed by atoms with Crippen molar-refractivity contribution in [3.8, 4) is 6.07 Å². The van der Waals surface area contributed by atoms with E-state index in [1.165, 1.54) is 0 Å². The highest BCUT2D eigenvalue weighted by Gasteiger charge is 2.36. The third-order valence-electron chi connectivity index (χ3n) is 2.36. The van der Waals surface area contributed by atoms with Gasteiger partial charge in [-0.1, -0.05) is 13.8 Å². The molecular weight excluding hydrogens is 176 g/mol. The maximum Gasteiger partial charge on any atom is 0.169 e. The van der Waals surface area contributed by atoms with Crippen molar-refractivity contribution < 1.29 is 0 Å². The topological polar surface area (TPSA) is 52.8 Å². The standard InChI is InChI=1S/C10H12N4/c1-10(2)6-14(7-10)9-8(5-11)3-4-12-13-9/h3-4H,6-7H2,1-2H3. The summed E-state index contributed by atoms with van der Waals surface area (Å²) in [5.74, 6) is 0.717. The zero-order chi connectivity index (χ0) is 10.2. The lowest BCUT2D eigenvalue weighted by Crippen LogP contribution is -2.53. The van der Waals surface area contributed by atoms with E-state index in [-0.39, 0.29) is 0 Å².